The van der Waals surface area contributed by atoms with Gasteiger partial charge in [0.15, 0.2) is 5.65 Å². The monoisotopic (exact) mass is 279 g/mol. The lowest BCUT2D eigenvalue weighted by Crippen LogP contribution is -2.14. The third-order valence-corrected chi connectivity index (χ3v) is 3.56. The van der Waals surface area contributed by atoms with Crippen LogP contribution in [0.5, 0.6) is 0 Å². The van der Waals surface area contributed by atoms with E-state index in [9.17, 15) is 4.79 Å². The van der Waals surface area contributed by atoms with E-state index in [-0.39, 0.29) is 11.8 Å². The van der Waals surface area contributed by atoms with Crippen LogP contribution in [0, 0.1) is 5.92 Å². The Hall–Kier alpha value is -2.76. The lowest BCUT2D eigenvalue weighted by molar-refractivity contribution is -0.117. The lowest BCUT2D eigenvalue weighted by Gasteiger charge is -2.05. The highest BCUT2D eigenvalue weighted by Crippen LogP contribution is 2.31. The molecule has 1 fully saturated rings. The maximum Gasteiger partial charge on any atom is 0.228 e. The van der Waals surface area contributed by atoms with E-state index in [1.165, 1.54) is 6.33 Å². The first-order chi connectivity index (χ1) is 10.3. The van der Waals surface area contributed by atoms with Crippen LogP contribution in [0.2, 0.25) is 0 Å². The van der Waals surface area contributed by atoms with Gasteiger partial charge in [-0.1, -0.05) is 18.2 Å². The molecule has 0 atom stereocenters. The van der Waals surface area contributed by atoms with Gasteiger partial charge in [0.1, 0.15) is 12.1 Å². The summed E-state index contributed by atoms with van der Waals surface area (Å²) >= 11 is 0. The Kier molecular flexibility index (Phi) is 2.67. The molecule has 21 heavy (non-hydrogen) atoms. The van der Waals surface area contributed by atoms with E-state index in [4.69, 9.17) is 0 Å². The van der Waals surface area contributed by atoms with Crippen LogP contribution in [0.1, 0.15) is 12.8 Å². The number of carbonyl (C=O) groups is 1. The van der Waals surface area contributed by atoms with Crippen molar-refractivity contribution < 1.29 is 4.79 Å². The number of hydrogen-bond donors (Lipinski definition) is 1. The Morgan fingerprint density at radius 1 is 1.19 bits per heavy atom. The standard InChI is InChI=1S/C15H13N5O/c21-15(10-6-7-10)19-13-12-8-18-20(14(12)17-9-16-13)11-4-2-1-3-5-11/h1-5,8-10H,6-7H2,(H,16,17,19,21). The van der Waals surface area contributed by atoms with Crippen LogP contribution >= 0.6 is 0 Å². The zero-order valence-corrected chi connectivity index (χ0v) is 11.2. The van der Waals surface area contributed by atoms with Gasteiger partial charge in [-0.25, -0.2) is 14.6 Å². The molecule has 4 rings (SSSR count). The van der Waals surface area contributed by atoms with Crippen molar-refractivity contribution >= 4 is 22.8 Å². The molecule has 1 aliphatic rings. The van der Waals surface area contributed by atoms with Crippen molar-refractivity contribution in [2.24, 2.45) is 5.92 Å². The van der Waals surface area contributed by atoms with Gasteiger partial charge in [-0.3, -0.25) is 4.79 Å². The van der Waals surface area contributed by atoms with Crippen molar-refractivity contribution in [1.29, 1.82) is 0 Å². The summed E-state index contributed by atoms with van der Waals surface area (Å²) in [6, 6.07) is 9.75. The van der Waals surface area contributed by atoms with E-state index >= 15 is 0 Å². The summed E-state index contributed by atoms with van der Waals surface area (Å²) in [5.74, 6) is 0.695. The Labute approximate surface area is 120 Å². The fourth-order valence-corrected chi connectivity index (χ4v) is 2.27. The van der Waals surface area contributed by atoms with Crippen LogP contribution in [0.3, 0.4) is 0 Å². The minimum atomic E-state index is 0.0301. The molecule has 0 bridgehead atoms. The summed E-state index contributed by atoms with van der Waals surface area (Å²) in [6.07, 6.45) is 5.06. The van der Waals surface area contributed by atoms with Crippen molar-refractivity contribution in [1.82, 2.24) is 19.7 Å². The van der Waals surface area contributed by atoms with E-state index < -0.39 is 0 Å². The number of fused-ring (bicyclic) bond motifs is 1. The number of rotatable bonds is 3. The Bertz CT molecular complexity index is 807. The van der Waals surface area contributed by atoms with Gasteiger partial charge in [0, 0.05) is 5.92 Å². The van der Waals surface area contributed by atoms with Crippen molar-refractivity contribution in [3.05, 3.63) is 42.9 Å². The fraction of sp³-hybridized carbons (Fsp3) is 0.200. The third kappa shape index (κ3) is 2.14. The SMILES string of the molecule is O=C(Nc1ncnc2c1cnn2-c1ccccc1)C1CC1. The number of nitrogens with one attached hydrogen (secondary N) is 1. The molecule has 1 aliphatic carbocycles. The number of para-hydroxylation sites is 1. The highest BCUT2D eigenvalue weighted by molar-refractivity contribution is 6.00. The van der Waals surface area contributed by atoms with Crippen molar-refractivity contribution in [3.8, 4) is 5.69 Å². The third-order valence-electron chi connectivity index (χ3n) is 3.56. The Balaban J connectivity index is 1.77. The molecule has 6 heteroatoms. The minimum Gasteiger partial charge on any atom is -0.310 e. The van der Waals surface area contributed by atoms with Gasteiger partial charge >= 0.3 is 0 Å². The van der Waals surface area contributed by atoms with E-state index in [1.807, 2.05) is 30.3 Å². The van der Waals surface area contributed by atoms with Gasteiger partial charge in [0.2, 0.25) is 5.91 Å². The number of amides is 1. The minimum absolute atomic E-state index is 0.0301. The van der Waals surface area contributed by atoms with Crippen molar-refractivity contribution in [2.75, 3.05) is 5.32 Å². The van der Waals surface area contributed by atoms with Crippen molar-refractivity contribution in [2.45, 2.75) is 12.8 Å². The van der Waals surface area contributed by atoms with E-state index in [2.05, 4.69) is 20.4 Å². The predicted octanol–water partition coefficient (Wildman–Crippen LogP) is 2.16. The van der Waals surface area contributed by atoms with E-state index in [0.717, 1.165) is 23.9 Å². The first kappa shape index (κ1) is 12.0. The molecule has 0 unspecified atom stereocenters. The first-order valence-electron chi connectivity index (χ1n) is 6.88. The number of aromatic nitrogens is 4. The normalized spacial score (nSPS) is 14.3. The molecule has 0 spiro atoms. The first-order valence-corrected chi connectivity index (χ1v) is 6.88. The second-order valence-corrected chi connectivity index (χ2v) is 5.12. The van der Waals surface area contributed by atoms with Crippen LogP contribution in [0.15, 0.2) is 42.9 Å². The fourth-order valence-electron chi connectivity index (χ4n) is 2.27. The molecule has 2 aromatic heterocycles. The summed E-state index contributed by atoms with van der Waals surface area (Å²) in [5, 5.41) is 7.97. The number of hydrogen-bond acceptors (Lipinski definition) is 4. The molecule has 1 amide bonds. The molecule has 2 heterocycles. The second kappa shape index (κ2) is 4.66. The van der Waals surface area contributed by atoms with Crippen LogP contribution in [0.4, 0.5) is 5.82 Å². The van der Waals surface area contributed by atoms with E-state index in [1.54, 1.807) is 10.9 Å². The van der Waals surface area contributed by atoms with Gasteiger partial charge in [-0.2, -0.15) is 5.10 Å². The molecule has 1 saturated carbocycles. The number of nitrogens with zero attached hydrogens (tertiary/aromatic N) is 4. The van der Waals surface area contributed by atoms with Gasteiger partial charge in [0.05, 0.1) is 17.3 Å². The molecule has 0 aliphatic heterocycles. The molecule has 6 nitrogen and oxygen atoms in total. The largest absolute Gasteiger partial charge is 0.310 e. The quantitative estimate of drug-likeness (QED) is 0.797. The molecule has 104 valence electrons. The molecular formula is C15H13N5O. The zero-order chi connectivity index (χ0) is 14.2. The number of anilines is 1. The van der Waals surface area contributed by atoms with Crippen LogP contribution in [0.25, 0.3) is 16.7 Å². The molecule has 1 aromatic carbocycles. The van der Waals surface area contributed by atoms with Crippen LogP contribution < -0.4 is 5.32 Å². The van der Waals surface area contributed by atoms with Gasteiger partial charge in [-0.05, 0) is 25.0 Å². The summed E-state index contributed by atoms with van der Waals surface area (Å²) in [4.78, 5) is 20.3. The number of benzene rings is 1. The molecular weight excluding hydrogens is 266 g/mol. The van der Waals surface area contributed by atoms with Gasteiger partial charge < -0.3 is 5.32 Å². The molecule has 1 N–H and O–H groups in total. The summed E-state index contributed by atoms with van der Waals surface area (Å²) in [7, 11) is 0. The topological polar surface area (TPSA) is 72.7 Å². The zero-order valence-electron chi connectivity index (χ0n) is 11.2. The van der Waals surface area contributed by atoms with Crippen LogP contribution in [-0.4, -0.2) is 25.7 Å². The maximum atomic E-state index is 11.9. The van der Waals surface area contributed by atoms with Crippen LogP contribution in [-0.2, 0) is 4.79 Å². The maximum absolute atomic E-state index is 11.9. The average molecular weight is 279 g/mol. The second-order valence-electron chi connectivity index (χ2n) is 5.12. The Morgan fingerprint density at radius 2 is 2.00 bits per heavy atom. The van der Waals surface area contributed by atoms with Gasteiger partial charge in [0.25, 0.3) is 0 Å². The highest BCUT2D eigenvalue weighted by atomic mass is 16.2. The van der Waals surface area contributed by atoms with Gasteiger partial charge in [-0.15, -0.1) is 0 Å². The molecule has 0 saturated heterocycles. The van der Waals surface area contributed by atoms with E-state index in [0.29, 0.717) is 11.5 Å². The lowest BCUT2D eigenvalue weighted by atomic mass is 10.3. The Morgan fingerprint density at radius 3 is 2.76 bits per heavy atom. The smallest absolute Gasteiger partial charge is 0.228 e. The summed E-state index contributed by atoms with van der Waals surface area (Å²) < 4.78 is 1.74. The van der Waals surface area contributed by atoms with Crippen molar-refractivity contribution in [3.63, 3.8) is 0 Å². The summed E-state index contributed by atoms with van der Waals surface area (Å²) in [6.45, 7) is 0. The number of carbonyl (C=O) groups excluding carboxylic acids is 1. The predicted molar refractivity (Wildman–Crippen MR) is 78.0 cm³/mol. The molecule has 3 aromatic rings. The summed E-state index contributed by atoms with van der Waals surface area (Å²) in [5.41, 5.74) is 1.60. The highest BCUT2D eigenvalue weighted by Gasteiger charge is 2.30. The average Bonchev–Trinajstić information content (AvgIpc) is 3.28. The molecule has 0 radical (unpaired) electrons.